The number of piperidine rings is 1. The van der Waals surface area contributed by atoms with Gasteiger partial charge in [0.25, 0.3) is 0 Å². The molecule has 0 aromatic carbocycles. The smallest absolute Gasteiger partial charge is 0.317 e. The van der Waals surface area contributed by atoms with E-state index in [4.69, 9.17) is 4.74 Å². The van der Waals surface area contributed by atoms with Gasteiger partial charge < -0.3 is 20.3 Å². The van der Waals surface area contributed by atoms with Crippen LogP contribution in [0.5, 0.6) is 0 Å². The Labute approximate surface area is 103 Å². The van der Waals surface area contributed by atoms with Crippen molar-refractivity contribution in [3.63, 3.8) is 0 Å². The highest BCUT2D eigenvalue weighted by Gasteiger charge is 2.39. The zero-order chi connectivity index (χ0) is 12.3. The summed E-state index contributed by atoms with van der Waals surface area (Å²) in [6.07, 6.45) is 2.14. The van der Waals surface area contributed by atoms with Crippen molar-refractivity contribution in [2.75, 3.05) is 32.7 Å². The number of carbonyl (C=O) groups excluding carboxylic acids is 1. The fraction of sp³-hybridized carbons (Fsp3) is 0.917. The van der Waals surface area contributed by atoms with Gasteiger partial charge in [-0.25, -0.2) is 4.79 Å². The van der Waals surface area contributed by atoms with Crippen molar-refractivity contribution in [3.8, 4) is 0 Å². The molecular formula is C12H23N3O2. The number of morpholine rings is 1. The summed E-state index contributed by atoms with van der Waals surface area (Å²) in [5.41, 5.74) is -0.0410. The van der Waals surface area contributed by atoms with E-state index in [0.717, 1.165) is 39.0 Å². The summed E-state index contributed by atoms with van der Waals surface area (Å²) in [7, 11) is 0. The predicted octanol–water partition coefficient (Wildman–Crippen LogP) is 0.559. The van der Waals surface area contributed by atoms with Crippen molar-refractivity contribution in [1.29, 1.82) is 0 Å². The molecule has 2 aliphatic heterocycles. The number of hydrogen-bond acceptors (Lipinski definition) is 3. The SMILES string of the molecule is CCNC(=O)N1CCC2(CC1)CNCC(C)O2. The summed E-state index contributed by atoms with van der Waals surface area (Å²) in [4.78, 5) is 13.6. The molecule has 0 saturated carbocycles. The number of rotatable bonds is 1. The van der Waals surface area contributed by atoms with Crippen molar-refractivity contribution in [1.82, 2.24) is 15.5 Å². The number of nitrogens with one attached hydrogen (secondary N) is 2. The molecule has 2 heterocycles. The first-order valence-corrected chi connectivity index (χ1v) is 6.56. The van der Waals surface area contributed by atoms with Gasteiger partial charge in [-0.15, -0.1) is 0 Å². The molecule has 5 heteroatoms. The second-order valence-corrected chi connectivity index (χ2v) is 5.06. The van der Waals surface area contributed by atoms with Crippen LogP contribution in [0.1, 0.15) is 26.7 Å². The number of hydrogen-bond donors (Lipinski definition) is 2. The third-order valence-electron chi connectivity index (χ3n) is 3.62. The van der Waals surface area contributed by atoms with Crippen LogP contribution in [0.4, 0.5) is 4.79 Å². The summed E-state index contributed by atoms with van der Waals surface area (Å²) in [5.74, 6) is 0. The molecule has 0 bridgehead atoms. The summed E-state index contributed by atoms with van der Waals surface area (Å²) in [5, 5.41) is 6.27. The van der Waals surface area contributed by atoms with Crippen LogP contribution in [0.2, 0.25) is 0 Å². The quantitative estimate of drug-likeness (QED) is 0.705. The van der Waals surface area contributed by atoms with Gasteiger partial charge in [0.05, 0.1) is 11.7 Å². The van der Waals surface area contributed by atoms with E-state index >= 15 is 0 Å². The van der Waals surface area contributed by atoms with E-state index in [0.29, 0.717) is 6.54 Å². The molecule has 2 amide bonds. The van der Waals surface area contributed by atoms with E-state index in [1.165, 1.54) is 0 Å². The third kappa shape index (κ3) is 2.90. The lowest BCUT2D eigenvalue weighted by atomic mass is 9.89. The average molecular weight is 241 g/mol. The Morgan fingerprint density at radius 2 is 2.24 bits per heavy atom. The molecule has 98 valence electrons. The van der Waals surface area contributed by atoms with Crippen molar-refractivity contribution >= 4 is 6.03 Å². The van der Waals surface area contributed by atoms with Crippen molar-refractivity contribution in [2.24, 2.45) is 0 Å². The molecule has 1 atom stereocenters. The average Bonchev–Trinajstić information content (AvgIpc) is 2.30. The van der Waals surface area contributed by atoms with Gasteiger partial charge in [0.1, 0.15) is 0 Å². The first-order valence-electron chi connectivity index (χ1n) is 6.56. The van der Waals surface area contributed by atoms with E-state index in [2.05, 4.69) is 17.6 Å². The number of amides is 2. The number of nitrogens with zero attached hydrogens (tertiary/aromatic N) is 1. The molecule has 1 spiro atoms. The lowest BCUT2D eigenvalue weighted by molar-refractivity contribution is -0.131. The largest absolute Gasteiger partial charge is 0.369 e. The van der Waals surface area contributed by atoms with E-state index in [9.17, 15) is 4.79 Å². The maximum absolute atomic E-state index is 11.7. The standard InChI is InChI=1S/C12H23N3O2/c1-3-14-11(16)15-6-4-12(5-7-15)9-13-8-10(2)17-12/h10,13H,3-9H2,1-2H3,(H,14,16). The third-order valence-corrected chi connectivity index (χ3v) is 3.62. The molecule has 17 heavy (non-hydrogen) atoms. The number of likely N-dealkylation sites (tertiary alicyclic amines) is 1. The summed E-state index contributed by atoms with van der Waals surface area (Å²) in [6, 6.07) is 0.0548. The summed E-state index contributed by atoms with van der Waals surface area (Å²) < 4.78 is 6.08. The second kappa shape index (κ2) is 5.23. The van der Waals surface area contributed by atoms with Crippen molar-refractivity contribution < 1.29 is 9.53 Å². The molecule has 0 radical (unpaired) electrons. The molecular weight excluding hydrogens is 218 g/mol. The molecule has 0 aliphatic carbocycles. The Morgan fingerprint density at radius 3 is 2.82 bits per heavy atom. The van der Waals surface area contributed by atoms with Crippen LogP contribution in [-0.2, 0) is 4.74 Å². The summed E-state index contributed by atoms with van der Waals surface area (Å²) in [6.45, 7) is 8.17. The molecule has 1 unspecified atom stereocenters. The minimum atomic E-state index is -0.0410. The van der Waals surface area contributed by atoms with Crippen LogP contribution < -0.4 is 10.6 Å². The lowest BCUT2D eigenvalue weighted by Crippen LogP contribution is -2.59. The van der Waals surface area contributed by atoms with Gasteiger partial charge in [0, 0.05) is 32.7 Å². The van der Waals surface area contributed by atoms with Gasteiger partial charge >= 0.3 is 6.03 Å². The highest BCUT2D eigenvalue weighted by molar-refractivity contribution is 5.74. The first-order chi connectivity index (χ1) is 8.15. The highest BCUT2D eigenvalue weighted by Crippen LogP contribution is 2.29. The lowest BCUT2D eigenvalue weighted by Gasteiger charge is -2.46. The predicted molar refractivity (Wildman–Crippen MR) is 66.0 cm³/mol. The zero-order valence-electron chi connectivity index (χ0n) is 10.8. The van der Waals surface area contributed by atoms with Crippen LogP contribution in [0.3, 0.4) is 0 Å². The highest BCUT2D eigenvalue weighted by atomic mass is 16.5. The van der Waals surface area contributed by atoms with Gasteiger partial charge in [0.15, 0.2) is 0 Å². The topological polar surface area (TPSA) is 53.6 Å². The fourth-order valence-corrected chi connectivity index (χ4v) is 2.69. The second-order valence-electron chi connectivity index (χ2n) is 5.06. The van der Waals surface area contributed by atoms with E-state index in [1.54, 1.807) is 0 Å². The molecule has 0 aromatic rings. The Bertz CT molecular complexity index is 275. The Kier molecular flexibility index (Phi) is 3.89. The van der Waals surface area contributed by atoms with Crippen LogP contribution in [0.25, 0.3) is 0 Å². The normalized spacial score (nSPS) is 28.1. The van der Waals surface area contributed by atoms with Crippen molar-refractivity contribution in [3.05, 3.63) is 0 Å². The maximum Gasteiger partial charge on any atom is 0.317 e. The Hall–Kier alpha value is -0.810. The maximum atomic E-state index is 11.7. The Morgan fingerprint density at radius 1 is 1.53 bits per heavy atom. The van der Waals surface area contributed by atoms with E-state index in [1.807, 2.05) is 11.8 Å². The van der Waals surface area contributed by atoms with Gasteiger partial charge in [-0.2, -0.15) is 0 Å². The van der Waals surface area contributed by atoms with Crippen LogP contribution in [0.15, 0.2) is 0 Å². The Balaban J connectivity index is 1.86. The minimum Gasteiger partial charge on any atom is -0.369 e. The molecule has 5 nitrogen and oxygen atoms in total. The molecule has 2 aliphatic rings. The van der Waals surface area contributed by atoms with Gasteiger partial charge in [0.2, 0.25) is 0 Å². The number of carbonyl (C=O) groups is 1. The fourth-order valence-electron chi connectivity index (χ4n) is 2.69. The molecule has 2 N–H and O–H groups in total. The monoisotopic (exact) mass is 241 g/mol. The van der Waals surface area contributed by atoms with E-state index in [-0.39, 0.29) is 17.7 Å². The van der Waals surface area contributed by atoms with Crippen LogP contribution in [0, 0.1) is 0 Å². The number of ether oxygens (including phenoxy) is 1. The van der Waals surface area contributed by atoms with Crippen LogP contribution in [-0.4, -0.2) is 55.4 Å². The van der Waals surface area contributed by atoms with E-state index < -0.39 is 0 Å². The van der Waals surface area contributed by atoms with Gasteiger partial charge in [-0.1, -0.05) is 0 Å². The van der Waals surface area contributed by atoms with Crippen LogP contribution >= 0.6 is 0 Å². The first kappa shape index (κ1) is 12.6. The number of urea groups is 1. The van der Waals surface area contributed by atoms with Gasteiger partial charge in [-0.3, -0.25) is 0 Å². The molecule has 0 aromatic heterocycles. The molecule has 2 rings (SSSR count). The zero-order valence-corrected chi connectivity index (χ0v) is 10.8. The van der Waals surface area contributed by atoms with Crippen molar-refractivity contribution in [2.45, 2.75) is 38.4 Å². The molecule has 2 saturated heterocycles. The minimum absolute atomic E-state index is 0.0410. The summed E-state index contributed by atoms with van der Waals surface area (Å²) >= 11 is 0. The molecule has 2 fully saturated rings. The van der Waals surface area contributed by atoms with Gasteiger partial charge in [-0.05, 0) is 26.7 Å².